The van der Waals surface area contributed by atoms with Gasteiger partial charge in [0.15, 0.2) is 0 Å². The van der Waals surface area contributed by atoms with E-state index in [1.807, 2.05) is 12.1 Å². The SMILES string of the molecule is CCCNCc1cccc(Cl)c1OCc1ccc(C)cc1. The summed E-state index contributed by atoms with van der Waals surface area (Å²) < 4.78 is 5.95. The maximum absolute atomic E-state index is 6.28. The Hall–Kier alpha value is -1.51. The molecular weight excluding hydrogens is 282 g/mol. The molecule has 1 N–H and O–H groups in total. The molecule has 0 aliphatic rings. The highest BCUT2D eigenvalue weighted by atomic mass is 35.5. The largest absolute Gasteiger partial charge is 0.487 e. The van der Waals surface area contributed by atoms with E-state index < -0.39 is 0 Å². The van der Waals surface area contributed by atoms with Gasteiger partial charge in [-0.2, -0.15) is 0 Å². The highest BCUT2D eigenvalue weighted by Crippen LogP contribution is 2.29. The molecule has 3 heteroatoms. The van der Waals surface area contributed by atoms with Gasteiger partial charge in [-0.3, -0.25) is 0 Å². The summed E-state index contributed by atoms with van der Waals surface area (Å²) in [6.07, 6.45) is 1.11. The van der Waals surface area contributed by atoms with Gasteiger partial charge in [0.2, 0.25) is 0 Å². The third-order valence-electron chi connectivity index (χ3n) is 3.29. The number of rotatable bonds is 7. The first-order valence-corrected chi connectivity index (χ1v) is 7.75. The first-order chi connectivity index (χ1) is 10.2. The van der Waals surface area contributed by atoms with Gasteiger partial charge in [-0.05, 0) is 31.5 Å². The Bertz CT molecular complexity index is 566. The summed E-state index contributed by atoms with van der Waals surface area (Å²) in [5, 5.41) is 4.05. The molecule has 0 bridgehead atoms. The number of benzene rings is 2. The van der Waals surface area contributed by atoms with Crippen molar-refractivity contribution in [1.82, 2.24) is 5.32 Å². The first-order valence-electron chi connectivity index (χ1n) is 7.37. The molecule has 0 fully saturated rings. The Morgan fingerprint density at radius 3 is 2.57 bits per heavy atom. The van der Waals surface area contributed by atoms with E-state index >= 15 is 0 Å². The zero-order valence-corrected chi connectivity index (χ0v) is 13.4. The smallest absolute Gasteiger partial charge is 0.142 e. The average Bonchev–Trinajstić information content (AvgIpc) is 2.48. The molecule has 0 heterocycles. The van der Waals surface area contributed by atoms with Gasteiger partial charge in [-0.1, -0.05) is 60.5 Å². The molecule has 2 nitrogen and oxygen atoms in total. The third-order valence-corrected chi connectivity index (χ3v) is 3.59. The van der Waals surface area contributed by atoms with Crippen LogP contribution in [-0.2, 0) is 13.2 Å². The lowest BCUT2D eigenvalue weighted by molar-refractivity contribution is 0.302. The van der Waals surface area contributed by atoms with E-state index in [9.17, 15) is 0 Å². The fourth-order valence-corrected chi connectivity index (χ4v) is 2.34. The zero-order chi connectivity index (χ0) is 15.1. The van der Waals surface area contributed by atoms with E-state index in [-0.39, 0.29) is 0 Å². The predicted octanol–water partition coefficient (Wildman–Crippen LogP) is 4.73. The molecule has 0 spiro atoms. The molecule has 0 radical (unpaired) electrons. The van der Waals surface area contributed by atoms with E-state index in [0.717, 1.165) is 36.4 Å². The predicted molar refractivity (Wildman–Crippen MR) is 89.0 cm³/mol. The number of ether oxygens (including phenoxy) is 1. The molecule has 0 amide bonds. The van der Waals surface area contributed by atoms with E-state index in [1.165, 1.54) is 5.56 Å². The van der Waals surface area contributed by atoms with Gasteiger partial charge in [0, 0.05) is 12.1 Å². The summed E-state index contributed by atoms with van der Waals surface area (Å²) in [5.41, 5.74) is 3.50. The van der Waals surface area contributed by atoms with Crippen LogP contribution in [0.1, 0.15) is 30.0 Å². The molecule has 0 aliphatic heterocycles. The van der Waals surface area contributed by atoms with Crippen LogP contribution in [0.2, 0.25) is 5.02 Å². The molecule has 0 aliphatic carbocycles. The van der Waals surface area contributed by atoms with Gasteiger partial charge in [0.1, 0.15) is 12.4 Å². The normalized spacial score (nSPS) is 10.6. The van der Waals surface area contributed by atoms with Crippen molar-refractivity contribution in [3.63, 3.8) is 0 Å². The highest BCUT2D eigenvalue weighted by Gasteiger charge is 2.08. The van der Waals surface area contributed by atoms with Gasteiger partial charge in [-0.25, -0.2) is 0 Å². The van der Waals surface area contributed by atoms with Gasteiger partial charge >= 0.3 is 0 Å². The lowest BCUT2D eigenvalue weighted by Crippen LogP contribution is -2.14. The van der Waals surface area contributed by atoms with Crippen molar-refractivity contribution in [2.45, 2.75) is 33.4 Å². The fraction of sp³-hybridized carbons (Fsp3) is 0.333. The standard InChI is InChI=1S/C18H22ClNO/c1-3-11-20-12-16-5-4-6-17(19)18(16)21-13-15-9-7-14(2)8-10-15/h4-10,20H,3,11-13H2,1-2H3. The quantitative estimate of drug-likeness (QED) is 0.747. The summed E-state index contributed by atoms with van der Waals surface area (Å²) >= 11 is 6.28. The Labute approximate surface area is 132 Å². The molecule has 112 valence electrons. The van der Waals surface area contributed by atoms with E-state index in [0.29, 0.717) is 11.6 Å². The zero-order valence-electron chi connectivity index (χ0n) is 12.7. The maximum atomic E-state index is 6.28. The summed E-state index contributed by atoms with van der Waals surface area (Å²) in [4.78, 5) is 0. The molecule has 2 rings (SSSR count). The molecule has 0 saturated heterocycles. The second kappa shape index (κ2) is 8.06. The number of nitrogens with one attached hydrogen (secondary N) is 1. The fourth-order valence-electron chi connectivity index (χ4n) is 2.09. The lowest BCUT2D eigenvalue weighted by atomic mass is 10.1. The first kappa shape index (κ1) is 15.9. The minimum Gasteiger partial charge on any atom is -0.487 e. The van der Waals surface area contributed by atoms with Crippen LogP contribution in [0.15, 0.2) is 42.5 Å². The topological polar surface area (TPSA) is 21.3 Å². The van der Waals surface area contributed by atoms with Crippen molar-refractivity contribution in [2.24, 2.45) is 0 Å². The Kier molecular flexibility index (Phi) is 6.09. The number of hydrogen-bond acceptors (Lipinski definition) is 2. The van der Waals surface area contributed by atoms with Crippen LogP contribution in [0.5, 0.6) is 5.75 Å². The van der Waals surface area contributed by atoms with Crippen molar-refractivity contribution in [3.05, 3.63) is 64.2 Å². The number of para-hydroxylation sites is 1. The summed E-state index contributed by atoms with van der Waals surface area (Å²) in [5.74, 6) is 0.781. The molecule has 21 heavy (non-hydrogen) atoms. The highest BCUT2D eigenvalue weighted by molar-refractivity contribution is 6.32. The Balaban J connectivity index is 2.05. The number of hydrogen-bond donors (Lipinski definition) is 1. The van der Waals surface area contributed by atoms with Crippen LogP contribution in [0.4, 0.5) is 0 Å². The van der Waals surface area contributed by atoms with Crippen LogP contribution in [0, 0.1) is 6.92 Å². The monoisotopic (exact) mass is 303 g/mol. The minimum absolute atomic E-state index is 0.533. The molecule has 2 aromatic carbocycles. The summed E-state index contributed by atoms with van der Waals surface area (Å²) in [6, 6.07) is 14.2. The summed E-state index contributed by atoms with van der Waals surface area (Å²) in [7, 11) is 0. The lowest BCUT2D eigenvalue weighted by Gasteiger charge is -2.14. The second-order valence-corrected chi connectivity index (χ2v) is 5.59. The van der Waals surface area contributed by atoms with E-state index in [2.05, 4.69) is 49.5 Å². The van der Waals surface area contributed by atoms with Crippen LogP contribution in [0.25, 0.3) is 0 Å². The van der Waals surface area contributed by atoms with Crippen LogP contribution in [-0.4, -0.2) is 6.54 Å². The van der Waals surface area contributed by atoms with Crippen molar-refractivity contribution >= 4 is 11.6 Å². The molecule has 0 saturated carbocycles. The maximum Gasteiger partial charge on any atom is 0.142 e. The average molecular weight is 304 g/mol. The van der Waals surface area contributed by atoms with Crippen LogP contribution < -0.4 is 10.1 Å². The van der Waals surface area contributed by atoms with E-state index in [4.69, 9.17) is 16.3 Å². The number of halogens is 1. The minimum atomic E-state index is 0.533. The van der Waals surface area contributed by atoms with Crippen LogP contribution >= 0.6 is 11.6 Å². The van der Waals surface area contributed by atoms with Crippen molar-refractivity contribution in [1.29, 1.82) is 0 Å². The van der Waals surface area contributed by atoms with Gasteiger partial charge < -0.3 is 10.1 Å². The Morgan fingerprint density at radius 1 is 1.10 bits per heavy atom. The number of aryl methyl sites for hydroxylation is 1. The van der Waals surface area contributed by atoms with Crippen molar-refractivity contribution in [3.8, 4) is 5.75 Å². The van der Waals surface area contributed by atoms with Gasteiger partial charge in [0.05, 0.1) is 5.02 Å². The van der Waals surface area contributed by atoms with Gasteiger partial charge in [-0.15, -0.1) is 0 Å². The van der Waals surface area contributed by atoms with Gasteiger partial charge in [0.25, 0.3) is 0 Å². The molecule has 0 aromatic heterocycles. The van der Waals surface area contributed by atoms with Crippen molar-refractivity contribution < 1.29 is 4.74 Å². The molecule has 0 unspecified atom stereocenters. The molecular formula is C18H22ClNO. The third kappa shape index (κ3) is 4.76. The summed E-state index contributed by atoms with van der Waals surface area (Å²) in [6.45, 7) is 6.53. The second-order valence-electron chi connectivity index (χ2n) is 5.18. The molecule has 0 atom stereocenters. The Morgan fingerprint density at radius 2 is 1.86 bits per heavy atom. The molecule has 2 aromatic rings. The van der Waals surface area contributed by atoms with Crippen molar-refractivity contribution in [2.75, 3.05) is 6.54 Å². The van der Waals surface area contributed by atoms with Crippen LogP contribution in [0.3, 0.4) is 0 Å². The van der Waals surface area contributed by atoms with E-state index in [1.54, 1.807) is 0 Å².